The maximum absolute atomic E-state index is 11.5. The molecule has 0 radical (unpaired) electrons. The molecule has 0 atom stereocenters. The van der Waals surface area contributed by atoms with Gasteiger partial charge in [0.2, 0.25) is 0 Å². The molecular formula is C13H19N3O3. The summed E-state index contributed by atoms with van der Waals surface area (Å²) in [6, 6.07) is 8.54. The number of primary amides is 1. The van der Waals surface area contributed by atoms with Crippen LogP contribution in [0.5, 0.6) is 0 Å². The number of ether oxygens (including phenoxy) is 1. The Hall–Kier alpha value is -2.24. The molecular weight excluding hydrogens is 246 g/mol. The lowest BCUT2D eigenvalue weighted by Gasteiger charge is -2.22. The lowest BCUT2D eigenvalue weighted by atomic mass is 10.2. The van der Waals surface area contributed by atoms with Crippen molar-refractivity contribution in [1.29, 1.82) is 0 Å². The number of rotatable bonds is 4. The van der Waals surface area contributed by atoms with Crippen molar-refractivity contribution in [2.24, 2.45) is 11.7 Å². The Kier molecular flexibility index (Phi) is 5.66. The molecule has 0 unspecified atom stereocenters. The SMILES string of the molecule is CC(C)CN(NC(=O)OCc1ccccc1)C(N)=O. The van der Waals surface area contributed by atoms with Gasteiger partial charge in [0.05, 0.1) is 0 Å². The van der Waals surface area contributed by atoms with Gasteiger partial charge in [0.15, 0.2) is 0 Å². The number of amides is 3. The predicted molar refractivity (Wildman–Crippen MR) is 70.9 cm³/mol. The first-order valence-electron chi connectivity index (χ1n) is 6.03. The summed E-state index contributed by atoms with van der Waals surface area (Å²) in [5, 5.41) is 1.04. The summed E-state index contributed by atoms with van der Waals surface area (Å²) in [4.78, 5) is 22.7. The summed E-state index contributed by atoms with van der Waals surface area (Å²) >= 11 is 0. The number of nitrogens with one attached hydrogen (secondary N) is 1. The van der Waals surface area contributed by atoms with E-state index in [1.165, 1.54) is 0 Å². The number of benzene rings is 1. The van der Waals surface area contributed by atoms with Crippen LogP contribution in [0.25, 0.3) is 0 Å². The smallest absolute Gasteiger partial charge is 0.426 e. The van der Waals surface area contributed by atoms with Gasteiger partial charge in [-0.25, -0.2) is 20.0 Å². The third-order valence-corrected chi connectivity index (χ3v) is 2.25. The topological polar surface area (TPSA) is 84.7 Å². The summed E-state index contributed by atoms with van der Waals surface area (Å²) in [7, 11) is 0. The second kappa shape index (κ2) is 7.25. The Morgan fingerprint density at radius 2 is 1.95 bits per heavy atom. The first-order chi connectivity index (χ1) is 8.99. The van der Waals surface area contributed by atoms with E-state index in [9.17, 15) is 9.59 Å². The molecule has 0 saturated carbocycles. The van der Waals surface area contributed by atoms with Gasteiger partial charge in [-0.2, -0.15) is 0 Å². The number of carbonyl (C=O) groups is 2. The van der Waals surface area contributed by atoms with E-state index in [1.54, 1.807) is 0 Å². The van der Waals surface area contributed by atoms with Crippen molar-refractivity contribution in [2.45, 2.75) is 20.5 Å². The second-order valence-electron chi connectivity index (χ2n) is 4.52. The summed E-state index contributed by atoms with van der Waals surface area (Å²) in [6.45, 7) is 4.29. The third kappa shape index (κ3) is 5.76. The maximum Gasteiger partial charge on any atom is 0.426 e. The van der Waals surface area contributed by atoms with Gasteiger partial charge in [-0.1, -0.05) is 44.2 Å². The molecule has 1 rings (SSSR count). The Morgan fingerprint density at radius 1 is 1.32 bits per heavy atom. The third-order valence-electron chi connectivity index (χ3n) is 2.25. The molecule has 6 heteroatoms. The van der Waals surface area contributed by atoms with E-state index >= 15 is 0 Å². The van der Waals surface area contributed by atoms with Crippen molar-refractivity contribution in [3.8, 4) is 0 Å². The minimum Gasteiger partial charge on any atom is -0.443 e. The van der Waals surface area contributed by atoms with E-state index in [0.717, 1.165) is 10.6 Å². The van der Waals surface area contributed by atoms with Crippen molar-refractivity contribution >= 4 is 12.1 Å². The quantitative estimate of drug-likeness (QED) is 0.815. The van der Waals surface area contributed by atoms with Gasteiger partial charge < -0.3 is 10.5 Å². The normalized spacial score (nSPS) is 10.1. The van der Waals surface area contributed by atoms with Gasteiger partial charge in [-0.3, -0.25) is 0 Å². The Bertz CT molecular complexity index is 420. The molecule has 0 aliphatic heterocycles. The van der Waals surface area contributed by atoms with Crippen LogP contribution < -0.4 is 11.2 Å². The fraction of sp³-hybridized carbons (Fsp3) is 0.385. The molecule has 1 aromatic carbocycles. The van der Waals surface area contributed by atoms with Gasteiger partial charge in [-0.05, 0) is 11.5 Å². The fourth-order valence-corrected chi connectivity index (χ4v) is 1.42. The molecule has 3 amide bonds. The zero-order chi connectivity index (χ0) is 14.3. The molecule has 0 heterocycles. The Morgan fingerprint density at radius 3 is 2.47 bits per heavy atom. The average molecular weight is 265 g/mol. The number of hydrogen-bond acceptors (Lipinski definition) is 3. The molecule has 0 aromatic heterocycles. The molecule has 0 aliphatic rings. The maximum atomic E-state index is 11.5. The monoisotopic (exact) mass is 265 g/mol. The number of hydrazine groups is 1. The van der Waals surface area contributed by atoms with Crippen LogP contribution >= 0.6 is 0 Å². The van der Waals surface area contributed by atoms with Crippen LogP contribution in [0, 0.1) is 5.92 Å². The van der Waals surface area contributed by atoms with Crippen LogP contribution in [0.3, 0.4) is 0 Å². The van der Waals surface area contributed by atoms with E-state index in [2.05, 4.69) is 5.43 Å². The minimum absolute atomic E-state index is 0.140. The lowest BCUT2D eigenvalue weighted by Crippen LogP contribution is -2.50. The van der Waals surface area contributed by atoms with Crippen molar-refractivity contribution in [3.05, 3.63) is 35.9 Å². The van der Waals surface area contributed by atoms with Crippen LogP contribution in [-0.4, -0.2) is 23.7 Å². The standard InChI is InChI=1S/C13H19N3O3/c1-10(2)8-16(12(14)17)15-13(18)19-9-11-6-4-3-5-7-11/h3-7,10H,8-9H2,1-2H3,(H2,14,17)(H,15,18). The van der Waals surface area contributed by atoms with Crippen molar-refractivity contribution < 1.29 is 14.3 Å². The van der Waals surface area contributed by atoms with E-state index in [4.69, 9.17) is 10.5 Å². The number of carbonyl (C=O) groups excluding carboxylic acids is 2. The van der Waals surface area contributed by atoms with E-state index in [0.29, 0.717) is 6.54 Å². The molecule has 0 bridgehead atoms. The summed E-state index contributed by atoms with van der Waals surface area (Å²) in [6.07, 6.45) is -0.705. The molecule has 1 aromatic rings. The number of hydrogen-bond donors (Lipinski definition) is 2. The number of nitrogens with zero attached hydrogens (tertiary/aromatic N) is 1. The highest BCUT2D eigenvalue weighted by Crippen LogP contribution is 2.01. The van der Waals surface area contributed by atoms with Crippen LogP contribution in [0.4, 0.5) is 9.59 Å². The Balaban J connectivity index is 2.42. The zero-order valence-electron chi connectivity index (χ0n) is 11.1. The minimum atomic E-state index is -0.717. The average Bonchev–Trinajstić information content (AvgIpc) is 2.36. The van der Waals surface area contributed by atoms with Gasteiger partial charge in [0, 0.05) is 6.54 Å². The molecule has 3 N–H and O–H groups in total. The second-order valence-corrected chi connectivity index (χ2v) is 4.52. The van der Waals surface area contributed by atoms with Crippen LogP contribution in [-0.2, 0) is 11.3 Å². The molecule has 0 spiro atoms. The van der Waals surface area contributed by atoms with E-state index < -0.39 is 12.1 Å². The largest absolute Gasteiger partial charge is 0.443 e. The van der Waals surface area contributed by atoms with Gasteiger partial charge in [0.1, 0.15) is 6.61 Å². The van der Waals surface area contributed by atoms with Crippen molar-refractivity contribution in [3.63, 3.8) is 0 Å². The van der Waals surface area contributed by atoms with Crippen LogP contribution in [0.15, 0.2) is 30.3 Å². The number of nitrogens with two attached hydrogens (primary N) is 1. The summed E-state index contributed by atoms with van der Waals surface area (Å²) < 4.78 is 4.99. The van der Waals surface area contributed by atoms with Crippen LogP contribution in [0.2, 0.25) is 0 Å². The van der Waals surface area contributed by atoms with Crippen molar-refractivity contribution in [1.82, 2.24) is 10.4 Å². The van der Waals surface area contributed by atoms with E-state index in [1.807, 2.05) is 44.2 Å². The first kappa shape index (κ1) is 14.8. The first-order valence-corrected chi connectivity index (χ1v) is 6.03. The molecule has 0 saturated heterocycles. The predicted octanol–water partition coefficient (Wildman–Crippen LogP) is 1.86. The van der Waals surface area contributed by atoms with Gasteiger partial charge in [-0.15, -0.1) is 0 Å². The number of urea groups is 1. The molecule has 0 aliphatic carbocycles. The molecule has 104 valence electrons. The van der Waals surface area contributed by atoms with Gasteiger partial charge in [0.25, 0.3) is 0 Å². The molecule has 0 fully saturated rings. The lowest BCUT2D eigenvalue weighted by molar-refractivity contribution is 0.105. The highest BCUT2D eigenvalue weighted by molar-refractivity contribution is 5.76. The zero-order valence-corrected chi connectivity index (χ0v) is 11.1. The van der Waals surface area contributed by atoms with E-state index in [-0.39, 0.29) is 12.5 Å². The van der Waals surface area contributed by atoms with Crippen molar-refractivity contribution in [2.75, 3.05) is 6.54 Å². The fourth-order valence-electron chi connectivity index (χ4n) is 1.42. The molecule has 19 heavy (non-hydrogen) atoms. The highest BCUT2D eigenvalue weighted by atomic mass is 16.6. The summed E-state index contributed by atoms with van der Waals surface area (Å²) in [5.41, 5.74) is 8.34. The Labute approximate surface area is 112 Å². The van der Waals surface area contributed by atoms with Gasteiger partial charge >= 0.3 is 12.1 Å². The highest BCUT2D eigenvalue weighted by Gasteiger charge is 2.15. The van der Waals surface area contributed by atoms with Crippen LogP contribution in [0.1, 0.15) is 19.4 Å². The summed E-state index contributed by atoms with van der Waals surface area (Å²) in [5.74, 6) is 0.182. The molecule has 6 nitrogen and oxygen atoms in total.